The van der Waals surface area contributed by atoms with Crippen LogP contribution in [0.25, 0.3) is 0 Å². The molecular weight excluding hydrogens is 366 g/mol. The van der Waals surface area contributed by atoms with E-state index in [1.54, 1.807) is 17.0 Å². The van der Waals surface area contributed by atoms with Crippen molar-refractivity contribution in [2.75, 3.05) is 19.7 Å². The Bertz CT molecular complexity index is 703. The van der Waals surface area contributed by atoms with Gasteiger partial charge >= 0.3 is 12.0 Å². The van der Waals surface area contributed by atoms with E-state index in [9.17, 15) is 19.2 Å². The lowest BCUT2D eigenvalue weighted by Gasteiger charge is -2.30. The molecule has 1 aromatic rings. The molecule has 3 rings (SSSR count). The summed E-state index contributed by atoms with van der Waals surface area (Å²) in [5.41, 5.74) is 0. The average Bonchev–Trinajstić information content (AvgIpc) is 3.39. The maximum Gasteiger partial charge on any atom is 0.321 e. The molecule has 1 aromatic heterocycles. The summed E-state index contributed by atoms with van der Waals surface area (Å²) in [6.07, 6.45) is 6.32. The molecule has 4 amide bonds. The van der Waals surface area contributed by atoms with Crippen LogP contribution < -0.4 is 10.6 Å². The van der Waals surface area contributed by atoms with Crippen LogP contribution in [0.4, 0.5) is 4.79 Å². The molecule has 1 saturated carbocycles. The predicted octanol–water partition coefficient (Wildman–Crippen LogP) is 1.44. The first-order chi connectivity index (χ1) is 13.5. The Kier molecular flexibility index (Phi) is 6.67. The number of esters is 1. The van der Waals surface area contributed by atoms with Crippen LogP contribution in [0.5, 0.6) is 0 Å². The number of piperidine rings is 1. The maximum atomic E-state index is 12.2. The lowest BCUT2D eigenvalue weighted by Crippen LogP contribution is -2.45. The monoisotopic (exact) mass is 391 g/mol. The average molecular weight is 391 g/mol. The molecule has 9 heteroatoms. The first-order valence-corrected chi connectivity index (χ1v) is 9.62. The number of amides is 4. The lowest BCUT2D eigenvalue weighted by molar-refractivity contribution is -0.153. The third kappa shape index (κ3) is 5.34. The van der Waals surface area contributed by atoms with Crippen molar-refractivity contribution >= 4 is 23.8 Å². The molecule has 2 heterocycles. The highest BCUT2D eigenvalue weighted by Crippen LogP contribution is 2.20. The van der Waals surface area contributed by atoms with Crippen LogP contribution in [0.3, 0.4) is 0 Å². The van der Waals surface area contributed by atoms with E-state index < -0.39 is 24.5 Å². The van der Waals surface area contributed by atoms with Crippen molar-refractivity contribution in [1.29, 1.82) is 0 Å². The van der Waals surface area contributed by atoms with Crippen molar-refractivity contribution < 1.29 is 28.3 Å². The molecule has 0 unspecified atom stereocenters. The summed E-state index contributed by atoms with van der Waals surface area (Å²) < 4.78 is 10.1. The number of nitrogens with zero attached hydrogens (tertiary/aromatic N) is 1. The molecule has 1 aliphatic heterocycles. The molecule has 0 bridgehead atoms. The Labute approximate surface area is 162 Å². The van der Waals surface area contributed by atoms with E-state index in [1.807, 2.05) is 0 Å². The molecule has 2 N–H and O–H groups in total. The van der Waals surface area contributed by atoms with E-state index in [1.165, 1.54) is 6.26 Å². The lowest BCUT2D eigenvalue weighted by atomic mass is 9.97. The molecule has 0 radical (unpaired) electrons. The van der Waals surface area contributed by atoms with Crippen LogP contribution in [0.2, 0.25) is 0 Å². The highest BCUT2D eigenvalue weighted by atomic mass is 16.5. The molecular formula is C19H25N3O6. The van der Waals surface area contributed by atoms with Crippen LogP contribution in [0.15, 0.2) is 22.8 Å². The number of ether oxygens (including phenoxy) is 1. The summed E-state index contributed by atoms with van der Waals surface area (Å²) in [4.78, 5) is 49.5. The fourth-order valence-electron chi connectivity index (χ4n) is 3.58. The van der Waals surface area contributed by atoms with Gasteiger partial charge in [0, 0.05) is 19.1 Å². The number of hydrogen-bond acceptors (Lipinski definition) is 6. The number of likely N-dealkylation sites (tertiary alicyclic amines) is 1. The van der Waals surface area contributed by atoms with E-state index in [0.717, 1.165) is 25.7 Å². The minimum Gasteiger partial charge on any atom is -0.459 e. The number of carbonyl (C=O) groups is 4. The van der Waals surface area contributed by atoms with Gasteiger partial charge in [-0.3, -0.25) is 19.7 Å². The smallest absolute Gasteiger partial charge is 0.321 e. The van der Waals surface area contributed by atoms with Gasteiger partial charge in [0.15, 0.2) is 12.4 Å². The van der Waals surface area contributed by atoms with Crippen molar-refractivity contribution in [2.24, 2.45) is 5.92 Å². The molecule has 1 saturated heterocycles. The summed E-state index contributed by atoms with van der Waals surface area (Å²) in [7, 11) is 0. The van der Waals surface area contributed by atoms with Gasteiger partial charge in [-0.2, -0.15) is 0 Å². The van der Waals surface area contributed by atoms with Crippen LogP contribution in [-0.4, -0.2) is 54.5 Å². The first kappa shape index (κ1) is 19.9. The fourth-order valence-corrected chi connectivity index (χ4v) is 3.58. The van der Waals surface area contributed by atoms with E-state index >= 15 is 0 Å². The van der Waals surface area contributed by atoms with Gasteiger partial charge < -0.3 is 19.4 Å². The Morgan fingerprint density at radius 3 is 2.46 bits per heavy atom. The molecule has 28 heavy (non-hydrogen) atoms. The number of nitrogens with one attached hydrogen (secondary N) is 2. The zero-order valence-corrected chi connectivity index (χ0v) is 15.6. The molecule has 0 atom stereocenters. The Morgan fingerprint density at radius 2 is 1.82 bits per heavy atom. The number of furan rings is 1. The SMILES string of the molecule is O=C(COC(=O)C1CCN(C(=O)c2ccco2)CC1)NC(=O)NC1CCCC1. The topological polar surface area (TPSA) is 118 Å². The molecule has 9 nitrogen and oxygen atoms in total. The summed E-state index contributed by atoms with van der Waals surface area (Å²) in [6.45, 7) is 0.326. The molecule has 2 fully saturated rings. The predicted molar refractivity (Wildman–Crippen MR) is 97.2 cm³/mol. The number of rotatable bonds is 5. The maximum absolute atomic E-state index is 12.2. The van der Waals surface area contributed by atoms with Gasteiger partial charge in [0.25, 0.3) is 11.8 Å². The standard InChI is InChI=1S/C19H25N3O6/c23-16(21-19(26)20-14-4-1-2-5-14)12-28-18(25)13-7-9-22(10-8-13)17(24)15-6-3-11-27-15/h3,6,11,13-14H,1-2,4-5,7-10,12H2,(H2,20,21,23,26). The minimum absolute atomic E-state index is 0.101. The Balaban J connectivity index is 1.34. The Morgan fingerprint density at radius 1 is 1.11 bits per heavy atom. The second-order valence-corrected chi connectivity index (χ2v) is 7.15. The summed E-state index contributed by atoms with van der Waals surface area (Å²) in [5, 5.41) is 4.90. The normalized spacial score (nSPS) is 17.9. The van der Waals surface area contributed by atoms with E-state index in [-0.39, 0.29) is 23.6 Å². The number of urea groups is 1. The molecule has 0 aromatic carbocycles. The van der Waals surface area contributed by atoms with Crippen molar-refractivity contribution in [1.82, 2.24) is 15.5 Å². The van der Waals surface area contributed by atoms with Gasteiger partial charge in [0.2, 0.25) is 0 Å². The van der Waals surface area contributed by atoms with Crippen molar-refractivity contribution in [3.8, 4) is 0 Å². The summed E-state index contributed by atoms with van der Waals surface area (Å²) in [5.74, 6) is -1.45. The first-order valence-electron chi connectivity index (χ1n) is 9.62. The number of imide groups is 1. The van der Waals surface area contributed by atoms with Crippen LogP contribution >= 0.6 is 0 Å². The van der Waals surface area contributed by atoms with Crippen LogP contribution in [0, 0.1) is 5.92 Å². The zero-order valence-electron chi connectivity index (χ0n) is 15.6. The molecule has 0 spiro atoms. The molecule has 152 valence electrons. The quantitative estimate of drug-likeness (QED) is 0.734. The fraction of sp³-hybridized carbons (Fsp3) is 0.579. The molecule has 1 aliphatic carbocycles. The largest absolute Gasteiger partial charge is 0.459 e. The van der Waals surface area contributed by atoms with Gasteiger partial charge in [-0.25, -0.2) is 4.79 Å². The van der Waals surface area contributed by atoms with Crippen LogP contribution in [-0.2, 0) is 14.3 Å². The number of hydrogen-bond donors (Lipinski definition) is 2. The third-order valence-electron chi connectivity index (χ3n) is 5.14. The second kappa shape index (κ2) is 9.38. The van der Waals surface area contributed by atoms with E-state index in [0.29, 0.717) is 25.9 Å². The molecule has 2 aliphatic rings. The van der Waals surface area contributed by atoms with Gasteiger partial charge in [0.1, 0.15) is 0 Å². The highest BCUT2D eigenvalue weighted by Gasteiger charge is 2.30. The second-order valence-electron chi connectivity index (χ2n) is 7.15. The van der Waals surface area contributed by atoms with Gasteiger partial charge in [-0.15, -0.1) is 0 Å². The third-order valence-corrected chi connectivity index (χ3v) is 5.14. The highest BCUT2D eigenvalue weighted by molar-refractivity contribution is 5.95. The van der Waals surface area contributed by atoms with Crippen molar-refractivity contribution in [3.05, 3.63) is 24.2 Å². The van der Waals surface area contributed by atoms with Crippen molar-refractivity contribution in [2.45, 2.75) is 44.6 Å². The Hall–Kier alpha value is -2.84. The zero-order chi connectivity index (χ0) is 19.9. The number of carbonyl (C=O) groups excluding carboxylic acids is 4. The summed E-state index contributed by atoms with van der Waals surface area (Å²) >= 11 is 0. The summed E-state index contributed by atoms with van der Waals surface area (Å²) in [6, 6.07) is 2.79. The minimum atomic E-state index is -0.658. The van der Waals surface area contributed by atoms with Gasteiger partial charge in [-0.05, 0) is 37.8 Å². The van der Waals surface area contributed by atoms with E-state index in [2.05, 4.69) is 10.6 Å². The van der Waals surface area contributed by atoms with Crippen molar-refractivity contribution in [3.63, 3.8) is 0 Å². The van der Waals surface area contributed by atoms with Gasteiger partial charge in [0.05, 0.1) is 12.2 Å². The van der Waals surface area contributed by atoms with Crippen LogP contribution in [0.1, 0.15) is 49.1 Å². The van der Waals surface area contributed by atoms with Gasteiger partial charge in [-0.1, -0.05) is 12.8 Å². The van der Waals surface area contributed by atoms with E-state index in [4.69, 9.17) is 9.15 Å².